The number of halogens is 1. The van der Waals surface area contributed by atoms with Gasteiger partial charge in [0.2, 0.25) is 5.91 Å². The SMILES string of the molecule is CC[C@@H](C/C=C/CCCS(C)=O)CCN1CC(CCCc2cccc(Cl)c2)COc2ccc(C(N)=O)cc21.CO. The zero-order chi connectivity index (χ0) is 29.3. The van der Waals surface area contributed by atoms with E-state index in [4.69, 9.17) is 27.2 Å². The van der Waals surface area contributed by atoms with E-state index in [0.717, 1.165) is 93.8 Å². The van der Waals surface area contributed by atoms with Crippen LogP contribution in [0.15, 0.2) is 54.6 Å². The summed E-state index contributed by atoms with van der Waals surface area (Å²) in [6.07, 6.45) is 14.6. The monoisotopic (exact) mass is 590 g/mol. The van der Waals surface area contributed by atoms with Gasteiger partial charge in [0.15, 0.2) is 0 Å². The third kappa shape index (κ3) is 12.0. The molecule has 0 saturated heterocycles. The van der Waals surface area contributed by atoms with Crippen LogP contribution >= 0.6 is 11.6 Å². The van der Waals surface area contributed by atoms with E-state index in [1.54, 1.807) is 12.3 Å². The number of nitrogens with two attached hydrogens (primary N) is 1. The molecule has 2 aromatic carbocycles. The highest BCUT2D eigenvalue weighted by Gasteiger charge is 2.24. The number of anilines is 1. The average molecular weight is 591 g/mol. The van der Waals surface area contributed by atoms with Crippen LogP contribution in [0.5, 0.6) is 5.75 Å². The Kier molecular flexibility index (Phi) is 16.0. The molecule has 0 aromatic heterocycles. The van der Waals surface area contributed by atoms with E-state index in [-0.39, 0.29) is 0 Å². The predicted octanol–water partition coefficient (Wildman–Crippen LogP) is 6.41. The Morgan fingerprint density at radius 1 is 1.23 bits per heavy atom. The average Bonchev–Trinajstić information content (AvgIpc) is 3.12. The maximum absolute atomic E-state index is 11.9. The van der Waals surface area contributed by atoms with E-state index in [9.17, 15) is 9.00 Å². The van der Waals surface area contributed by atoms with E-state index in [1.165, 1.54) is 5.56 Å². The summed E-state index contributed by atoms with van der Waals surface area (Å²) >= 11 is 6.16. The molecule has 0 radical (unpaired) electrons. The molecule has 3 rings (SSSR count). The van der Waals surface area contributed by atoms with Crippen molar-refractivity contribution < 1.29 is 18.8 Å². The molecule has 1 aliphatic rings. The van der Waals surface area contributed by atoms with E-state index in [0.29, 0.717) is 24.0 Å². The lowest BCUT2D eigenvalue weighted by atomic mass is 9.96. The summed E-state index contributed by atoms with van der Waals surface area (Å²) in [5, 5.41) is 7.78. The minimum Gasteiger partial charge on any atom is -0.491 e. The highest BCUT2D eigenvalue weighted by Crippen LogP contribution is 2.35. The number of nitrogens with zero attached hydrogens (tertiary/aromatic N) is 1. The van der Waals surface area contributed by atoms with Gasteiger partial charge in [-0.05, 0) is 86.8 Å². The van der Waals surface area contributed by atoms with Crippen molar-refractivity contribution in [3.05, 3.63) is 70.8 Å². The molecule has 2 aromatic rings. The summed E-state index contributed by atoms with van der Waals surface area (Å²) in [6.45, 7) is 4.72. The minimum absolute atomic E-state index is 0.391. The number of hydrogen-bond acceptors (Lipinski definition) is 5. The number of ether oxygens (including phenoxy) is 1. The molecule has 1 aliphatic heterocycles. The lowest BCUT2D eigenvalue weighted by Crippen LogP contribution is -2.32. The molecule has 2 unspecified atom stereocenters. The van der Waals surface area contributed by atoms with Crippen LogP contribution in [0.2, 0.25) is 5.02 Å². The number of unbranched alkanes of at least 4 members (excludes halogenated alkanes) is 1. The fourth-order valence-corrected chi connectivity index (χ4v) is 5.81. The van der Waals surface area contributed by atoms with Crippen LogP contribution < -0.4 is 15.4 Å². The molecule has 0 saturated carbocycles. The van der Waals surface area contributed by atoms with Gasteiger partial charge in [-0.3, -0.25) is 9.00 Å². The number of benzene rings is 2. The zero-order valence-electron chi connectivity index (χ0n) is 24.3. The third-order valence-electron chi connectivity index (χ3n) is 7.33. The highest BCUT2D eigenvalue weighted by molar-refractivity contribution is 7.84. The number of aliphatic hydroxyl groups is 1. The van der Waals surface area contributed by atoms with Crippen molar-refractivity contribution in [1.29, 1.82) is 0 Å². The molecule has 40 heavy (non-hydrogen) atoms. The van der Waals surface area contributed by atoms with Gasteiger partial charge in [-0.2, -0.15) is 0 Å². The number of aliphatic hydroxyl groups excluding tert-OH is 1. The molecule has 0 fully saturated rings. The van der Waals surface area contributed by atoms with Crippen molar-refractivity contribution in [2.75, 3.05) is 43.7 Å². The van der Waals surface area contributed by atoms with Crippen molar-refractivity contribution in [1.82, 2.24) is 0 Å². The third-order valence-corrected chi connectivity index (χ3v) is 8.43. The van der Waals surface area contributed by atoms with E-state index in [1.807, 2.05) is 30.3 Å². The van der Waals surface area contributed by atoms with Crippen molar-refractivity contribution in [2.24, 2.45) is 17.6 Å². The highest BCUT2D eigenvalue weighted by atomic mass is 35.5. The summed E-state index contributed by atoms with van der Waals surface area (Å²) in [6, 6.07) is 13.6. The smallest absolute Gasteiger partial charge is 0.248 e. The predicted molar refractivity (Wildman–Crippen MR) is 169 cm³/mol. The van der Waals surface area contributed by atoms with Gasteiger partial charge < -0.3 is 20.5 Å². The Hall–Kier alpha value is -2.35. The van der Waals surface area contributed by atoms with Gasteiger partial charge in [-0.25, -0.2) is 0 Å². The Balaban J connectivity index is 0.00000274. The van der Waals surface area contributed by atoms with Crippen LogP contribution in [0, 0.1) is 11.8 Å². The van der Waals surface area contributed by atoms with Crippen LogP contribution in [-0.4, -0.2) is 54.0 Å². The number of aryl methyl sites for hydroxylation is 1. The van der Waals surface area contributed by atoms with E-state index < -0.39 is 16.7 Å². The molecular formula is C32H47ClN2O4S. The van der Waals surface area contributed by atoms with Crippen molar-refractivity contribution in [2.45, 2.75) is 58.3 Å². The second-order valence-electron chi connectivity index (χ2n) is 10.4. The van der Waals surface area contributed by atoms with Gasteiger partial charge in [0.05, 0.1) is 12.3 Å². The molecule has 3 N–H and O–H groups in total. The van der Waals surface area contributed by atoms with Gasteiger partial charge in [0, 0.05) is 59.5 Å². The summed E-state index contributed by atoms with van der Waals surface area (Å²) in [5.74, 6) is 2.15. The standard InChI is InChI=1S/C31H43ClN2O3S.CH4O/c1-3-24(10-6-4-5-7-19-38(2)36)17-18-34-22-26(13-8-11-25-12-9-14-28(32)20-25)23-37-30-16-15-27(31(33)35)21-29(30)34;1-2/h4,6,9,12,14-16,20-21,24,26H,3,5,7-8,10-11,13,17-19,22-23H2,1-2H3,(H2,33,35);2H,1H3/b6-4+;/t24-,26?,38?;/m0./s1. The fourth-order valence-electron chi connectivity index (χ4n) is 5.02. The van der Waals surface area contributed by atoms with Crippen LogP contribution in [0.4, 0.5) is 5.69 Å². The Morgan fingerprint density at radius 3 is 2.73 bits per heavy atom. The molecule has 222 valence electrons. The quantitative estimate of drug-likeness (QED) is 0.185. The number of amides is 1. The summed E-state index contributed by atoms with van der Waals surface area (Å²) in [4.78, 5) is 14.3. The molecule has 6 nitrogen and oxygen atoms in total. The van der Waals surface area contributed by atoms with Crippen LogP contribution in [0.3, 0.4) is 0 Å². The topological polar surface area (TPSA) is 92.9 Å². The number of carbonyl (C=O) groups is 1. The maximum atomic E-state index is 11.9. The maximum Gasteiger partial charge on any atom is 0.248 e. The van der Waals surface area contributed by atoms with Crippen molar-refractivity contribution in [3.63, 3.8) is 0 Å². The van der Waals surface area contributed by atoms with Gasteiger partial charge in [-0.1, -0.05) is 49.2 Å². The molecule has 0 bridgehead atoms. The normalized spacial score (nSPS) is 16.3. The van der Waals surface area contributed by atoms with Gasteiger partial charge in [-0.15, -0.1) is 0 Å². The second-order valence-corrected chi connectivity index (χ2v) is 12.4. The Labute approximate surface area is 248 Å². The van der Waals surface area contributed by atoms with Gasteiger partial charge in [0.25, 0.3) is 0 Å². The van der Waals surface area contributed by atoms with Crippen LogP contribution in [0.1, 0.15) is 67.8 Å². The largest absolute Gasteiger partial charge is 0.491 e. The summed E-state index contributed by atoms with van der Waals surface area (Å²) in [5.41, 5.74) is 8.35. The first kappa shape index (κ1) is 33.9. The van der Waals surface area contributed by atoms with E-state index in [2.05, 4.69) is 30.0 Å². The molecule has 0 spiro atoms. The molecule has 0 aliphatic carbocycles. The fraction of sp³-hybridized carbons (Fsp3) is 0.531. The van der Waals surface area contributed by atoms with Crippen LogP contribution in [0.25, 0.3) is 0 Å². The number of carbonyl (C=O) groups excluding carboxylic acids is 1. The first-order valence-corrected chi connectivity index (χ1v) is 16.4. The van der Waals surface area contributed by atoms with Gasteiger partial charge in [0.1, 0.15) is 5.75 Å². The van der Waals surface area contributed by atoms with Gasteiger partial charge >= 0.3 is 0 Å². The minimum atomic E-state index is -0.712. The molecular weight excluding hydrogens is 544 g/mol. The summed E-state index contributed by atoms with van der Waals surface area (Å²) < 4.78 is 17.5. The first-order valence-electron chi connectivity index (χ1n) is 14.3. The van der Waals surface area contributed by atoms with E-state index >= 15 is 0 Å². The second kappa shape index (κ2) is 18.9. The number of rotatable bonds is 15. The number of fused-ring (bicyclic) bond motifs is 1. The first-order chi connectivity index (χ1) is 19.4. The molecule has 1 amide bonds. The molecule has 1 heterocycles. The lowest BCUT2D eigenvalue weighted by molar-refractivity contribution is 0.1000. The number of allylic oxidation sites excluding steroid dienone is 2. The lowest BCUT2D eigenvalue weighted by Gasteiger charge is -2.28. The van der Waals surface area contributed by atoms with Crippen molar-refractivity contribution in [3.8, 4) is 5.75 Å². The number of hydrogen-bond donors (Lipinski definition) is 2. The Bertz CT molecular complexity index is 1090. The number of primary amides is 1. The van der Waals surface area contributed by atoms with Crippen molar-refractivity contribution >= 4 is 34.0 Å². The van der Waals surface area contributed by atoms with Crippen LogP contribution in [-0.2, 0) is 17.2 Å². The molecule has 3 atom stereocenters. The summed E-state index contributed by atoms with van der Waals surface area (Å²) in [7, 11) is 0.288. The molecule has 8 heteroatoms. The zero-order valence-corrected chi connectivity index (χ0v) is 25.9. The Morgan fingerprint density at radius 2 is 2.02 bits per heavy atom.